The molecule has 1 N–H and O–H groups in total. The van der Waals surface area contributed by atoms with Crippen LogP contribution < -0.4 is 5.32 Å². The molecule has 8 heteroatoms. The molecule has 2 heterocycles. The highest BCUT2D eigenvalue weighted by atomic mass is 35.5. The van der Waals surface area contributed by atoms with Gasteiger partial charge in [0.05, 0.1) is 15.1 Å². The summed E-state index contributed by atoms with van der Waals surface area (Å²) >= 11 is 7.54. The summed E-state index contributed by atoms with van der Waals surface area (Å²) in [6, 6.07) is 22.9. The first-order valence-corrected chi connectivity index (χ1v) is 15.7. The van der Waals surface area contributed by atoms with Crippen LogP contribution in [0.1, 0.15) is 52.0 Å². The highest BCUT2D eigenvalue weighted by Gasteiger charge is 2.33. The number of hydrogen-bond acceptors (Lipinski definition) is 4. The number of pyridine rings is 1. The molecule has 4 nitrogen and oxygen atoms in total. The summed E-state index contributed by atoms with van der Waals surface area (Å²) in [5.74, 6) is -1.51. The SMILES string of the molecule is Cc1ccc(-c2ccncc2)cc1CN(C(=O)c1sc2c(F)ccc(F)c2c1Cl)C1CCC(NCc2ccccc2)CC1. The molecule has 0 saturated heterocycles. The quantitative estimate of drug-likeness (QED) is 0.189. The number of nitrogens with zero attached hydrogens (tertiary/aromatic N) is 2. The molecule has 1 amide bonds. The Morgan fingerprint density at radius 1 is 0.953 bits per heavy atom. The number of nitrogens with one attached hydrogen (secondary N) is 1. The Hall–Kier alpha value is -3.65. The van der Waals surface area contributed by atoms with E-state index in [4.69, 9.17) is 11.6 Å². The van der Waals surface area contributed by atoms with E-state index in [-0.39, 0.29) is 31.9 Å². The van der Waals surface area contributed by atoms with E-state index in [1.54, 1.807) is 12.4 Å². The van der Waals surface area contributed by atoms with Crippen molar-refractivity contribution in [3.8, 4) is 11.1 Å². The molecule has 0 spiro atoms. The molecule has 1 saturated carbocycles. The van der Waals surface area contributed by atoms with E-state index in [2.05, 4.69) is 40.6 Å². The third kappa shape index (κ3) is 6.35. The molecule has 5 aromatic rings. The van der Waals surface area contributed by atoms with E-state index in [0.29, 0.717) is 12.6 Å². The topological polar surface area (TPSA) is 45.2 Å². The predicted octanol–water partition coefficient (Wildman–Crippen LogP) is 8.95. The van der Waals surface area contributed by atoms with E-state index >= 15 is 0 Å². The van der Waals surface area contributed by atoms with Crippen LogP contribution in [0.5, 0.6) is 0 Å². The molecule has 0 atom stereocenters. The summed E-state index contributed by atoms with van der Waals surface area (Å²) in [4.78, 5) is 20.5. The molecule has 0 aliphatic heterocycles. The van der Waals surface area contributed by atoms with E-state index in [0.717, 1.165) is 78.0 Å². The Balaban J connectivity index is 1.29. The molecule has 0 unspecified atom stereocenters. The maximum absolute atomic E-state index is 14.7. The third-order valence-electron chi connectivity index (χ3n) is 8.42. The second-order valence-electron chi connectivity index (χ2n) is 11.2. The van der Waals surface area contributed by atoms with Crippen molar-refractivity contribution < 1.29 is 13.6 Å². The van der Waals surface area contributed by atoms with Crippen molar-refractivity contribution in [1.29, 1.82) is 0 Å². The number of rotatable bonds is 8. The van der Waals surface area contributed by atoms with Gasteiger partial charge in [-0.3, -0.25) is 9.78 Å². The lowest BCUT2D eigenvalue weighted by Gasteiger charge is -2.37. The minimum Gasteiger partial charge on any atom is -0.331 e. The van der Waals surface area contributed by atoms with Crippen LogP contribution in [0.2, 0.25) is 5.02 Å². The van der Waals surface area contributed by atoms with Crippen molar-refractivity contribution in [2.75, 3.05) is 0 Å². The maximum Gasteiger partial charge on any atom is 0.266 e. The van der Waals surface area contributed by atoms with Gasteiger partial charge < -0.3 is 10.2 Å². The normalized spacial score (nSPS) is 16.8. The second-order valence-corrected chi connectivity index (χ2v) is 12.6. The summed E-state index contributed by atoms with van der Waals surface area (Å²) in [7, 11) is 0. The van der Waals surface area contributed by atoms with Crippen molar-refractivity contribution >= 4 is 38.9 Å². The lowest BCUT2D eigenvalue weighted by molar-refractivity contribution is 0.0604. The molecule has 1 aliphatic carbocycles. The summed E-state index contributed by atoms with van der Waals surface area (Å²) in [6.07, 6.45) is 6.98. The zero-order chi connectivity index (χ0) is 29.9. The zero-order valence-electron chi connectivity index (χ0n) is 23.8. The highest BCUT2D eigenvalue weighted by Crippen LogP contribution is 2.40. The number of carbonyl (C=O) groups is 1. The van der Waals surface area contributed by atoms with Crippen LogP contribution in [-0.4, -0.2) is 27.9 Å². The fourth-order valence-corrected chi connectivity index (χ4v) is 7.44. The van der Waals surface area contributed by atoms with Crippen molar-refractivity contribution in [3.05, 3.63) is 123 Å². The van der Waals surface area contributed by atoms with Crippen LogP contribution in [0.15, 0.2) is 85.2 Å². The molecule has 1 fully saturated rings. The molecular weight excluding hydrogens is 584 g/mol. The van der Waals surface area contributed by atoms with E-state index in [9.17, 15) is 13.6 Å². The third-order valence-corrected chi connectivity index (χ3v) is 10.1. The van der Waals surface area contributed by atoms with Gasteiger partial charge in [-0.2, -0.15) is 0 Å². The average molecular weight is 616 g/mol. The van der Waals surface area contributed by atoms with Crippen LogP contribution in [0.25, 0.3) is 21.2 Å². The fourth-order valence-electron chi connectivity index (χ4n) is 5.93. The van der Waals surface area contributed by atoms with Gasteiger partial charge in [0.15, 0.2) is 0 Å². The Morgan fingerprint density at radius 2 is 1.67 bits per heavy atom. The molecule has 0 radical (unpaired) electrons. The molecule has 3 aromatic carbocycles. The number of benzene rings is 3. The van der Waals surface area contributed by atoms with Gasteiger partial charge >= 0.3 is 0 Å². The number of aromatic nitrogens is 1. The standard InChI is InChI=1S/C35H32ClF2N3OS/c1-22-7-8-25(24-15-17-39-18-16-24)19-26(22)21-41(28-11-9-27(10-12-28)40-20-23-5-3-2-4-6-23)35(42)34-32(36)31-29(37)13-14-30(38)33(31)43-34/h2-8,13-19,27-28,40H,9-12,20-21H2,1H3. The van der Waals surface area contributed by atoms with E-state index in [1.165, 1.54) is 5.56 Å². The van der Waals surface area contributed by atoms with Gasteiger partial charge in [0.1, 0.15) is 16.5 Å². The number of thiophene rings is 1. The first-order valence-electron chi connectivity index (χ1n) is 14.5. The van der Waals surface area contributed by atoms with Gasteiger partial charge in [-0.1, -0.05) is 54.1 Å². The fraction of sp³-hybridized carbons (Fsp3) is 0.257. The molecule has 43 heavy (non-hydrogen) atoms. The Kier molecular flexibility index (Phi) is 8.84. The first-order chi connectivity index (χ1) is 20.9. The number of amides is 1. The zero-order valence-corrected chi connectivity index (χ0v) is 25.4. The van der Waals surface area contributed by atoms with Crippen molar-refractivity contribution in [1.82, 2.24) is 15.2 Å². The summed E-state index contributed by atoms with van der Waals surface area (Å²) in [5.41, 5.74) is 5.39. The van der Waals surface area contributed by atoms with Gasteiger partial charge in [-0.25, -0.2) is 8.78 Å². The Bertz CT molecular complexity index is 1740. The van der Waals surface area contributed by atoms with E-state index < -0.39 is 11.6 Å². The minimum absolute atomic E-state index is 0.0209. The molecular formula is C35H32ClF2N3OS. The van der Waals surface area contributed by atoms with Crippen molar-refractivity contribution in [2.24, 2.45) is 0 Å². The lowest BCUT2D eigenvalue weighted by atomic mass is 9.89. The predicted molar refractivity (Wildman–Crippen MR) is 170 cm³/mol. The minimum atomic E-state index is -0.630. The van der Waals surface area contributed by atoms with Crippen molar-refractivity contribution in [3.63, 3.8) is 0 Å². The number of carbonyl (C=O) groups excluding carboxylic acids is 1. The summed E-state index contributed by atoms with van der Waals surface area (Å²) in [5, 5.41) is 3.62. The molecule has 1 aliphatic rings. The average Bonchev–Trinajstić information content (AvgIpc) is 3.40. The van der Waals surface area contributed by atoms with E-state index in [1.807, 2.05) is 42.2 Å². The van der Waals surface area contributed by atoms with Crippen LogP contribution in [-0.2, 0) is 13.1 Å². The maximum atomic E-state index is 14.7. The van der Waals surface area contributed by atoms with Crippen LogP contribution in [0.4, 0.5) is 8.78 Å². The number of hydrogen-bond donors (Lipinski definition) is 1. The Labute approximate surface area is 259 Å². The second kappa shape index (κ2) is 12.9. The first kappa shape index (κ1) is 29.4. The smallest absolute Gasteiger partial charge is 0.266 e. The number of aryl methyl sites for hydroxylation is 1. The van der Waals surface area contributed by atoms with Crippen LogP contribution >= 0.6 is 22.9 Å². The van der Waals surface area contributed by atoms with Gasteiger partial charge in [-0.15, -0.1) is 11.3 Å². The highest BCUT2D eigenvalue weighted by molar-refractivity contribution is 7.21. The largest absolute Gasteiger partial charge is 0.331 e. The molecule has 220 valence electrons. The molecule has 6 rings (SSSR count). The van der Waals surface area contributed by atoms with Crippen LogP contribution in [0.3, 0.4) is 0 Å². The lowest BCUT2D eigenvalue weighted by Crippen LogP contribution is -2.44. The van der Waals surface area contributed by atoms with Gasteiger partial charge in [0, 0.05) is 37.6 Å². The van der Waals surface area contributed by atoms with Crippen LogP contribution in [0, 0.1) is 18.6 Å². The number of halogens is 3. The van der Waals surface area contributed by atoms with Gasteiger partial charge in [-0.05, 0) is 90.8 Å². The molecule has 0 bridgehead atoms. The Morgan fingerprint density at radius 3 is 2.40 bits per heavy atom. The molecule has 2 aromatic heterocycles. The monoisotopic (exact) mass is 615 g/mol. The summed E-state index contributed by atoms with van der Waals surface area (Å²) < 4.78 is 29.5. The van der Waals surface area contributed by atoms with Crippen molar-refractivity contribution in [2.45, 2.75) is 57.8 Å². The van der Waals surface area contributed by atoms with Gasteiger partial charge in [0.25, 0.3) is 5.91 Å². The summed E-state index contributed by atoms with van der Waals surface area (Å²) in [6.45, 7) is 3.20. The number of fused-ring (bicyclic) bond motifs is 1. The van der Waals surface area contributed by atoms with Gasteiger partial charge in [0.2, 0.25) is 0 Å².